The average Bonchev–Trinajstić information content (AvgIpc) is 2.78. The molecular weight excluding hydrogens is 236 g/mol. The van der Waals surface area contributed by atoms with Crippen LogP contribution in [0.2, 0.25) is 0 Å². The molecule has 0 fully saturated rings. The van der Waals surface area contributed by atoms with Crippen LogP contribution in [0.5, 0.6) is 0 Å². The van der Waals surface area contributed by atoms with Crippen molar-refractivity contribution in [2.24, 2.45) is 7.05 Å². The van der Waals surface area contributed by atoms with Crippen LogP contribution in [0.1, 0.15) is 36.7 Å². The largest absolute Gasteiger partial charge is 0.376 e. The summed E-state index contributed by atoms with van der Waals surface area (Å²) in [6.45, 7) is 4.20. The molecule has 1 heterocycles. The summed E-state index contributed by atoms with van der Waals surface area (Å²) >= 11 is 0. The molecule has 1 N–H and O–H groups in total. The van der Waals surface area contributed by atoms with E-state index in [1.807, 2.05) is 42.2 Å². The molecule has 1 aromatic heterocycles. The molecule has 4 nitrogen and oxygen atoms in total. The molecule has 0 radical (unpaired) electrons. The summed E-state index contributed by atoms with van der Waals surface area (Å²) in [7, 11) is 1.93. The van der Waals surface area contributed by atoms with Gasteiger partial charge in [-0.05, 0) is 31.0 Å². The molecule has 1 unspecified atom stereocenters. The van der Waals surface area contributed by atoms with Crippen molar-refractivity contribution in [1.82, 2.24) is 9.78 Å². The summed E-state index contributed by atoms with van der Waals surface area (Å²) in [4.78, 5) is 0. The highest BCUT2D eigenvalue weighted by Crippen LogP contribution is 2.22. The Bertz CT molecular complexity index is 590. The number of hydrogen-bond acceptors (Lipinski definition) is 3. The van der Waals surface area contributed by atoms with E-state index in [2.05, 4.69) is 30.3 Å². The van der Waals surface area contributed by atoms with Gasteiger partial charge in [0.2, 0.25) is 0 Å². The second kappa shape index (κ2) is 5.57. The van der Waals surface area contributed by atoms with Crippen molar-refractivity contribution < 1.29 is 0 Å². The standard InChI is InChI=1S/C15H18N4/c1-4-14-15(10-19(3)18-14)17-11(2)13-7-5-12(9-16)6-8-13/h5-8,10-11,17H,4H2,1-3H3. The number of nitrogens with zero attached hydrogens (tertiary/aromatic N) is 3. The van der Waals surface area contributed by atoms with Gasteiger partial charge in [0.15, 0.2) is 0 Å². The van der Waals surface area contributed by atoms with E-state index in [-0.39, 0.29) is 6.04 Å². The van der Waals surface area contributed by atoms with Gasteiger partial charge in [-0.15, -0.1) is 0 Å². The average molecular weight is 254 g/mol. The lowest BCUT2D eigenvalue weighted by atomic mass is 10.1. The smallest absolute Gasteiger partial charge is 0.0991 e. The van der Waals surface area contributed by atoms with E-state index in [9.17, 15) is 0 Å². The van der Waals surface area contributed by atoms with Crippen molar-refractivity contribution in [2.45, 2.75) is 26.3 Å². The van der Waals surface area contributed by atoms with E-state index < -0.39 is 0 Å². The van der Waals surface area contributed by atoms with Crippen LogP contribution >= 0.6 is 0 Å². The predicted octanol–water partition coefficient (Wildman–Crippen LogP) is 3.03. The Labute approximate surface area is 113 Å². The molecule has 0 amide bonds. The third-order valence-corrected chi connectivity index (χ3v) is 3.15. The topological polar surface area (TPSA) is 53.6 Å². The first-order chi connectivity index (χ1) is 9.13. The van der Waals surface area contributed by atoms with Crippen molar-refractivity contribution in [2.75, 3.05) is 5.32 Å². The number of aromatic nitrogens is 2. The maximum Gasteiger partial charge on any atom is 0.0991 e. The molecule has 1 atom stereocenters. The normalized spacial score (nSPS) is 11.9. The zero-order valence-electron chi connectivity index (χ0n) is 11.5. The minimum Gasteiger partial charge on any atom is -0.376 e. The molecule has 98 valence electrons. The molecule has 1 aromatic carbocycles. The maximum atomic E-state index is 8.80. The Morgan fingerprint density at radius 1 is 1.37 bits per heavy atom. The zero-order chi connectivity index (χ0) is 13.8. The SMILES string of the molecule is CCc1nn(C)cc1NC(C)c1ccc(C#N)cc1. The Kier molecular flexibility index (Phi) is 3.86. The Hall–Kier alpha value is -2.28. The molecule has 2 aromatic rings. The summed E-state index contributed by atoms with van der Waals surface area (Å²) in [5.74, 6) is 0. The summed E-state index contributed by atoms with van der Waals surface area (Å²) < 4.78 is 1.83. The second-order valence-electron chi connectivity index (χ2n) is 4.62. The van der Waals surface area contributed by atoms with E-state index in [4.69, 9.17) is 5.26 Å². The van der Waals surface area contributed by atoms with Crippen LogP contribution in [-0.4, -0.2) is 9.78 Å². The highest BCUT2D eigenvalue weighted by Gasteiger charge is 2.10. The van der Waals surface area contributed by atoms with Crippen LogP contribution in [0, 0.1) is 11.3 Å². The lowest BCUT2D eigenvalue weighted by Gasteiger charge is -2.15. The Balaban J connectivity index is 2.15. The highest BCUT2D eigenvalue weighted by atomic mass is 15.3. The van der Waals surface area contributed by atoms with Crippen molar-refractivity contribution in [1.29, 1.82) is 5.26 Å². The van der Waals surface area contributed by atoms with Crippen LogP contribution in [0.15, 0.2) is 30.5 Å². The number of nitrogens with one attached hydrogen (secondary N) is 1. The maximum absolute atomic E-state index is 8.80. The van der Waals surface area contributed by atoms with Gasteiger partial charge >= 0.3 is 0 Å². The molecule has 0 bridgehead atoms. The van der Waals surface area contributed by atoms with Crippen LogP contribution in [0.25, 0.3) is 0 Å². The van der Waals surface area contributed by atoms with Crippen LogP contribution < -0.4 is 5.32 Å². The Morgan fingerprint density at radius 3 is 2.63 bits per heavy atom. The fourth-order valence-corrected chi connectivity index (χ4v) is 2.08. The second-order valence-corrected chi connectivity index (χ2v) is 4.62. The number of hydrogen-bond donors (Lipinski definition) is 1. The van der Waals surface area contributed by atoms with Crippen molar-refractivity contribution in [3.63, 3.8) is 0 Å². The minimum absolute atomic E-state index is 0.183. The van der Waals surface area contributed by atoms with Gasteiger partial charge < -0.3 is 5.32 Å². The molecule has 0 spiro atoms. The van der Waals surface area contributed by atoms with Crippen LogP contribution in [0.3, 0.4) is 0 Å². The van der Waals surface area contributed by atoms with Gasteiger partial charge in [-0.1, -0.05) is 19.1 Å². The van der Waals surface area contributed by atoms with E-state index in [0.717, 1.165) is 23.4 Å². The first kappa shape index (κ1) is 13.2. The number of benzene rings is 1. The van der Waals surface area contributed by atoms with E-state index in [0.29, 0.717) is 5.56 Å². The lowest BCUT2D eigenvalue weighted by molar-refractivity contribution is 0.746. The molecule has 0 aliphatic carbocycles. The Morgan fingerprint density at radius 2 is 2.05 bits per heavy atom. The number of anilines is 1. The number of nitriles is 1. The van der Waals surface area contributed by atoms with E-state index in [1.165, 1.54) is 0 Å². The van der Waals surface area contributed by atoms with Gasteiger partial charge in [0.05, 0.1) is 23.0 Å². The summed E-state index contributed by atoms with van der Waals surface area (Å²) in [6.07, 6.45) is 2.91. The van der Waals surface area contributed by atoms with Crippen molar-refractivity contribution >= 4 is 5.69 Å². The molecular formula is C15H18N4. The zero-order valence-corrected chi connectivity index (χ0v) is 11.5. The van der Waals surface area contributed by atoms with Crippen molar-refractivity contribution in [3.05, 3.63) is 47.3 Å². The molecule has 0 saturated carbocycles. The van der Waals surface area contributed by atoms with Gasteiger partial charge in [0.1, 0.15) is 0 Å². The summed E-state index contributed by atoms with van der Waals surface area (Å²) in [5.41, 5.74) is 3.99. The fraction of sp³-hybridized carbons (Fsp3) is 0.333. The van der Waals surface area contributed by atoms with Crippen LogP contribution in [-0.2, 0) is 13.5 Å². The van der Waals surface area contributed by atoms with E-state index in [1.54, 1.807) is 0 Å². The first-order valence-corrected chi connectivity index (χ1v) is 6.43. The van der Waals surface area contributed by atoms with E-state index >= 15 is 0 Å². The molecule has 2 rings (SSSR count). The van der Waals surface area contributed by atoms with Crippen molar-refractivity contribution in [3.8, 4) is 6.07 Å². The lowest BCUT2D eigenvalue weighted by Crippen LogP contribution is -2.07. The molecule has 4 heteroatoms. The van der Waals surface area contributed by atoms with Gasteiger partial charge in [-0.2, -0.15) is 10.4 Å². The van der Waals surface area contributed by atoms with Crippen LogP contribution in [0.4, 0.5) is 5.69 Å². The number of aryl methyl sites for hydroxylation is 2. The minimum atomic E-state index is 0.183. The van der Waals surface area contributed by atoms with Gasteiger partial charge in [-0.25, -0.2) is 0 Å². The third-order valence-electron chi connectivity index (χ3n) is 3.15. The highest BCUT2D eigenvalue weighted by molar-refractivity contribution is 5.48. The monoisotopic (exact) mass is 254 g/mol. The van der Waals surface area contributed by atoms with Gasteiger partial charge in [0.25, 0.3) is 0 Å². The fourth-order valence-electron chi connectivity index (χ4n) is 2.08. The quantitative estimate of drug-likeness (QED) is 0.912. The third kappa shape index (κ3) is 2.94. The number of rotatable bonds is 4. The van der Waals surface area contributed by atoms with Gasteiger partial charge in [0, 0.05) is 19.3 Å². The van der Waals surface area contributed by atoms with Gasteiger partial charge in [-0.3, -0.25) is 4.68 Å². The molecule has 0 aliphatic heterocycles. The predicted molar refractivity (Wildman–Crippen MR) is 75.8 cm³/mol. The first-order valence-electron chi connectivity index (χ1n) is 6.43. The summed E-state index contributed by atoms with van der Waals surface area (Å²) in [5, 5.41) is 16.7. The molecule has 0 saturated heterocycles. The molecule has 0 aliphatic rings. The molecule has 19 heavy (non-hydrogen) atoms. The summed E-state index contributed by atoms with van der Waals surface area (Å²) in [6, 6.07) is 9.97.